The number of urea groups is 1. The molecule has 7 aromatic rings. The molecule has 0 aliphatic carbocycles. The first-order chi connectivity index (χ1) is 58.7. The van der Waals surface area contributed by atoms with Crippen molar-refractivity contribution in [2.45, 2.75) is 190 Å². The van der Waals surface area contributed by atoms with E-state index < -0.39 is 181 Å². The van der Waals surface area contributed by atoms with Crippen LogP contribution in [0.2, 0.25) is 0 Å². The number of rotatable bonds is 19. The van der Waals surface area contributed by atoms with E-state index in [0.717, 1.165) is 28.6 Å². The highest BCUT2D eigenvalue weighted by Crippen LogP contribution is 2.27. The molecule has 0 unspecified atom stereocenters. The number of aromatic amines is 1. The Balaban J connectivity index is 1.09. The van der Waals surface area contributed by atoms with Gasteiger partial charge in [0.2, 0.25) is 65.0 Å². The van der Waals surface area contributed by atoms with E-state index in [2.05, 4.69) is 47.5 Å². The van der Waals surface area contributed by atoms with Gasteiger partial charge in [0, 0.05) is 109 Å². The minimum atomic E-state index is -1.95. The number of amides is 14. The first-order valence-corrected chi connectivity index (χ1v) is 42.3. The molecule has 0 spiro atoms. The third-order valence-corrected chi connectivity index (χ3v) is 23.1. The molecule has 33 heteroatoms. The Kier molecular flexibility index (Phi) is 34.3. The SMILES string of the molecule is CCCC[C@H]1C(=O)N2C[C@@H](O)C[C@@H]2C(=O)N[C@@H](CC(=O)O)C(=O)N[C@@H](C)C(=O)N(C)[C@@H](Cc2ccccc2)C(=O)N[C@@H](Cc2ccc(O)cc2)C(=O)N(C)C(=O)N[C@@H](Cc2c[nH]c3ccccc23)C(=O)N[C@@H](Cc2ccc(O)cc2)C(=O)N[C@@H](CC(C)C)C(=O)N[C@H](C)CSCC(=O)N[C@@H](Cc2ccccc2)C(=O)N(C)[C@@H](Cc2ccccc2)C(=O)N1C. The lowest BCUT2D eigenvalue weighted by Gasteiger charge is -2.38. The van der Waals surface area contributed by atoms with Crippen LogP contribution >= 0.6 is 11.8 Å². The summed E-state index contributed by atoms with van der Waals surface area (Å²) in [6, 6.07) is 26.0. The molecule has 2 aliphatic rings. The van der Waals surface area contributed by atoms with Crippen LogP contribution in [-0.4, -0.2) is 258 Å². The van der Waals surface area contributed by atoms with Gasteiger partial charge in [-0.15, -0.1) is 11.8 Å². The number of H-pyrrole nitrogens is 1. The van der Waals surface area contributed by atoms with Crippen molar-refractivity contribution in [1.29, 1.82) is 0 Å². The maximum Gasteiger partial charge on any atom is 0.324 e. The number of nitrogens with zero attached hydrogens (tertiary/aromatic N) is 5. The van der Waals surface area contributed by atoms with E-state index >= 15 is 38.4 Å². The number of aliphatic carboxylic acids is 1. The van der Waals surface area contributed by atoms with Crippen molar-refractivity contribution in [3.8, 4) is 11.5 Å². The molecule has 0 radical (unpaired) electrons. The Bertz CT molecular complexity index is 4850. The van der Waals surface area contributed by atoms with Crippen LogP contribution in [0.25, 0.3) is 10.9 Å². The van der Waals surface area contributed by atoms with E-state index in [9.17, 15) is 49.2 Å². The van der Waals surface area contributed by atoms with Gasteiger partial charge in [-0.1, -0.05) is 167 Å². The molecule has 0 saturated carbocycles. The number of phenolic OH excluding ortho intramolecular Hbond substituents is 2. The number of nitrogens with one attached hydrogen (secondary N) is 9. The zero-order valence-electron chi connectivity index (χ0n) is 70.5. The topological polar surface area (TPSA) is 448 Å². The maximum atomic E-state index is 15.6. The Morgan fingerprint density at radius 1 is 0.472 bits per heavy atom. The molecule has 656 valence electrons. The molecule has 13 atom stereocenters. The van der Waals surface area contributed by atoms with E-state index in [1.165, 1.54) is 86.4 Å². The molecule has 6 aromatic carbocycles. The lowest BCUT2D eigenvalue weighted by molar-refractivity contribution is -0.152. The van der Waals surface area contributed by atoms with Crippen LogP contribution in [0.4, 0.5) is 4.79 Å². The number of carbonyl (C=O) groups excluding carboxylic acids is 13. The summed E-state index contributed by atoms with van der Waals surface area (Å²) in [4.78, 5) is 217. The zero-order valence-corrected chi connectivity index (χ0v) is 71.3. The number of aliphatic hydroxyl groups excluding tert-OH is 1. The summed E-state index contributed by atoms with van der Waals surface area (Å²) in [5, 5.41) is 64.8. The highest BCUT2D eigenvalue weighted by molar-refractivity contribution is 8.00. The van der Waals surface area contributed by atoms with Gasteiger partial charge in [0.05, 0.1) is 18.3 Å². The Morgan fingerprint density at radius 3 is 1.51 bits per heavy atom. The van der Waals surface area contributed by atoms with Gasteiger partial charge < -0.3 is 87.5 Å². The van der Waals surface area contributed by atoms with E-state index in [1.807, 2.05) is 20.8 Å². The quantitative estimate of drug-likeness (QED) is 0.0539. The second kappa shape index (κ2) is 44.8. The number of thioether (sulfide) groups is 1. The molecule has 123 heavy (non-hydrogen) atoms. The maximum absolute atomic E-state index is 15.6. The number of para-hydroxylation sites is 1. The Labute approximate surface area is 718 Å². The number of carbonyl (C=O) groups is 14. The predicted molar refractivity (Wildman–Crippen MR) is 460 cm³/mol. The molecule has 2 aliphatic heterocycles. The minimum absolute atomic E-state index is 0.0155. The standard InChI is InChI=1S/C90H112N14O18S/c1-10-11-31-73-89(121)104-50-64(107)47-75(104)84(116)97-70(48-78(109)110)80(112)93-55(5)85(117)101(7)74(44-57-25-17-13-18-26-57)83(115)98-72(43-60-34-38-63(106)39-35-60)87(119)103(9)90(122)99-69(46-61-49-91-66-30-22-21-29-65(61)66)82(114)96-68(41-59-32-36-62(105)37-33-59)81(113)95-67(40-53(2)3)79(111)92-54(4)51-123-52-77(108)94-71(42-56-23-15-12-16-24-56)86(118)102(8)76(88(120)100(73)6)45-58-27-19-14-20-28-58/h12-30,32-39,49,53-55,64,67-76,91,105-107H,10-11,31,40-48,50-52H2,1-9H3,(H,92,111)(H,93,112)(H,94,108)(H,95,113)(H,96,114)(H,97,116)(H,98,115)(H,99,122)(H,109,110)/t54-,55+,64+,67+,68+,69+,70+,71+,72+,73+,74+,75-,76+/m1/s1. The second-order valence-corrected chi connectivity index (χ2v) is 33.0. The molecule has 9 rings (SSSR count). The first-order valence-electron chi connectivity index (χ1n) is 41.2. The van der Waals surface area contributed by atoms with Crippen LogP contribution in [0.1, 0.15) is 107 Å². The number of aromatic hydroxyl groups is 2. The third-order valence-electron chi connectivity index (χ3n) is 21.9. The van der Waals surface area contributed by atoms with Crippen LogP contribution in [0, 0.1) is 5.92 Å². The summed E-state index contributed by atoms with van der Waals surface area (Å²) >= 11 is 1.13. The van der Waals surface area contributed by atoms with Crippen LogP contribution in [0.5, 0.6) is 11.5 Å². The summed E-state index contributed by atoms with van der Waals surface area (Å²) in [6.07, 6.45) is -1.42. The summed E-state index contributed by atoms with van der Waals surface area (Å²) < 4.78 is 0. The normalized spacial score (nSPS) is 24.0. The van der Waals surface area contributed by atoms with Crippen LogP contribution in [0.3, 0.4) is 0 Å². The predicted octanol–water partition coefficient (Wildman–Crippen LogP) is 4.21. The van der Waals surface area contributed by atoms with Crippen molar-refractivity contribution in [3.05, 3.63) is 203 Å². The summed E-state index contributed by atoms with van der Waals surface area (Å²) in [6.45, 7) is 8.02. The molecular formula is C90H112N14O18S. The van der Waals surface area contributed by atoms with Crippen molar-refractivity contribution in [3.63, 3.8) is 0 Å². The lowest BCUT2D eigenvalue weighted by Crippen LogP contribution is -2.61. The smallest absolute Gasteiger partial charge is 0.324 e. The number of hydrogen-bond acceptors (Lipinski definition) is 18. The molecule has 2 fully saturated rings. The largest absolute Gasteiger partial charge is 0.508 e. The number of benzene rings is 6. The van der Waals surface area contributed by atoms with Crippen molar-refractivity contribution in [2.24, 2.45) is 5.92 Å². The van der Waals surface area contributed by atoms with Crippen molar-refractivity contribution in [1.82, 2.24) is 72.0 Å². The molecule has 0 bridgehead atoms. The second-order valence-electron chi connectivity index (χ2n) is 32.0. The fraction of sp³-hybridized carbons (Fsp3) is 0.422. The van der Waals surface area contributed by atoms with Gasteiger partial charge in [0.15, 0.2) is 0 Å². The molecule has 3 heterocycles. The Morgan fingerprint density at radius 2 is 0.943 bits per heavy atom. The van der Waals surface area contributed by atoms with E-state index in [0.29, 0.717) is 62.0 Å². The number of unbranched alkanes of at least 4 members (excludes halogenated alkanes) is 1. The summed E-state index contributed by atoms with van der Waals surface area (Å²) in [5.74, 6) is -12.6. The van der Waals surface area contributed by atoms with Crippen molar-refractivity contribution < 1.29 is 87.5 Å². The number of phenols is 2. The number of carboxylic acids is 1. The lowest BCUT2D eigenvalue weighted by atomic mass is 9.99. The monoisotopic (exact) mass is 1710 g/mol. The first kappa shape index (κ1) is 94.2. The van der Waals surface area contributed by atoms with Gasteiger partial charge in [-0.25, -0.2) is 4.79 Å². The molecule has 32 nitrogen and oxygen atoms in total. The summed E-state index contributed by atoms with van der Waals surface area (Å²) in [5.41, 5.74) is 3.76. The van der Waals surface area contributed by atoms with Gasteiger partial charge in [-0.05, 0) is 96.3 Å². The third kappa shape index (κ3) is 26.7. The number of aromatic nitrogens is 1. The van der Waals surface area contributed by atoms with Crippen molar-refractivity contribution >= 4 is 106 Å². The molecule has 14 amide bonds. The van der Waals surface area contributed by atoms with E-state index in [1.54, 1.807) is 128 Å². The average molecular weight is 1710 g/mol. The van der Waals surface area contributed by atoms with Crippen molar-refractivity contribution in [2.75, 3.05) is 46.2 Å². The molecule has 2 saturated heterocycles. The minimum Gasteiger partial charge on any atom is -0.508 e. The number of aliphatic hydroxyl groups is 1. The molecule has 1 aromatic heterocycles. The van der Waals surface area contributed by atoms with E-state index in [4.69, 9.17) is 0 Å². The average Bonchev–Trinajstić information content (AvgIpc) is 1.70. The van der Waals surface area contributed by atoms with Gasteiger partial charge in [-0.3, -0.25) is 67.2 Å². The molecule has 13 N–H and O–H groups in total. The van der Waals surface area contributed by atoms with Gasteiger partial charge in [0.1, 0.15) is 78.0 Å². The highest BCUT2D eigenvalue weighted by atomic mass is 32.2. The van der Waals surface area contributed by atoms with Gasteiger partial charge >= 0.3 is 12.0 Å². The van der Waals surface area contributed by atoms with Crippen LogP contribution in [0.15, 0.2) is 170 Å². The molecular weight excluding hydrogens is 1600 g/mol. The fourth-order valence-electron chi connectivity index (χ4n) is 15.1. The van der Waals surface area contributed by atoms with E-state index in [-0.39, 0.29) is 80.3 Å². The summed E-state index contributed by atoms with van der Waals surface area (Å²) in [7, 11) is 5.14. The number of imide groups is 1. The van der Waals surface area contributed by atoms with Gasteiger partial charge in [0.25, 0.3) is 5.91 Å². The fourth-order valence-corrected chi connectivity index (χ4v) is 15.9. The number of hydrogen-bond donors (Lipinski definition) is 13. The van der Waals surface area contributed by atoms with Gasteiger partial charge in [-0.2, -0.15) is 0 Å². The zero-order chi connectivity index (χ0) is 89.3. The van der Waals surface area contributed by atoms with Crippen LogP contribution in [-0.2, 0) is 101 Å². The highest BCUT2D eigenvalue weighted by Gasteiger charge is 2.46. The number of fused-ring (bicyclic) bond motifs is 2. The number of likely N-dealkylation sites (N-methyl/N-ethyl adjacent to an activating group) is 4. The van der Waals surface area contributed by atoms with Crippen LogP contribution < -0.4 is 42.5 Å². The number of carboxylic acid groups (broad SMARTS) is 1. The Hall–Kier alpha value is -12.7.